The van der Waals surface area contributed by atoms with E-state index in [9.17, 15) is 14.0 Å². The van der Waals surface area contributed by atoms with Crippen molar-refractivity contribution in [2.75, 3.05) is 32.9 Å². The predicted octanol–water partition coefficient (Wildman–Crippen LogP) is -0.319. The molecule has 0 saturated heterocycles. The van der Waals surface area contributed by atoms with Crippen LogP contribution in [0.1, 0.15) is 10.4 Å². The Morgan fingerprint density at radius 1 is 1.20 bits per heavy atom. The predicted molar refractivity (Wildman–Crippen MR) is 69.6 cm³/mol. The van der Waals surface area contributed by atoms with Crippen molar-refractivity contribution in [1.29, 1.82) is 0 Å². The second-order valence-corrected chi connectivity index (χ2v) is 3.85. The molecule has 1 rings (SSSR count). The first kappa shape index (κ1) is 16.1. The number of hydrogen-bond acceptors (Lipinski definition) is 4. The molecule has 0 aromatic heterocycles. The van der Waals surface area contributed by atoms with E-state index in [1.807, 2.05) is 0 Å². The SMILES string of the molecule is O=C(CNC(=O)c1ccccc1F)NCCOCCO. The van der Waals surface area contributed by atoms with Crippen molar-refractivity contribution >= 4 is 11.8 Å². The maximum atomic E-state index is 13.3. The minimum atomic E-state index is -0.644. The molecule has 0 atom stereocenters. The van der Waals surface area contributed by atoms with Crippen LogP contribution in [0, 0.1) is 5.82 Å². The Morgan fingerprint density at radius 2 is 1.95 bits per heavy atom. The van der Waals surface area contributed by atoms with Crippen molar-refractivity contribution < 1.29 is 23.8 Å². The van der Waals surface area contributed by atoms with E-state index in [1.165, 1.54) is 24.3 Å². The summed E-state index contributed by atoms with van der Waals surface area (Å²) in [5.74, 6) is -1.68. The molecule has 0 bridgehead atoms. The summed E-state index contributed by atoms with van der Waals surface area (Å²) in [6.45, 7) is 0.432. The van der Waals surface area contributed by atoms with Crippen LogP contribution in [0.15, 0.2) is 24.3 Å². The van der Waals surface area contributed by atoms with Gasteiger partial charge in [0.1, 0.15) is 5.82 Å². The van der Waals surface area contributed by atoms with Crippen molar-refractivity contribution in [2.45, 2.75) is 0 Å². The lowest BCUT2D eigenvalue weighted by molar-refractivity contribution is -0.120. The van der Waals surface area contributed by atoms with Gasteiger partial charge >= 0.3 is 0 Å². The molecule has 110 valence electrons. The molecule has 2 amide bonds. The largest absolute Gasteiger partial charge is 0.394 e. The first-order valence-corrected chi connectivity index (χ1v) is 6.13. The molecular formula is C13H17FN2O4. The van der Waals surface area contributed by atoms with E-state index in [-0.39, 0.29) is 38.5 Å². The van der Waals surface area contributed by atoms with Gasteiger partial charge in [0.2, 0.25) is 5.91 Å². The third-order valence-corrected chi connectivity index (χ3v) is 2.33. The molecular weight excluding hydrogens is 267 g/mol. The fourth-order valence-corrected chi connectivity index (χ4v) is 1.39. The second-order valence-electron chi connectivity index (χ2n) is 3.85. The van der Waals surface area contributed by atoms with E-state index >= 15 is 0 Å². The molecule has 7 heteroatoms. The lowest BCUT2D eigenvalue weighted by Gasteiger charge is -2.07. The molecule has 0 aliphatic heterocycles. The number of aliphatic hydroxyl groups excluding tert-OH is 1. The molecule has 3 N–H and O–H groups in total. The monoisotopic (exact) mass is 284 g/mol. The zero-order valence-corrected chi connectivity index (χ0v) is 10.9. The van der Waals surface area contributed by atoms with Crippen LogP contribution in [-0.4, -0.2) is 49.8 Å². The van der Waals surface area contributed by atoms with Gasteiger partial charge in [-0.25, -0.2) is 4.39 Å². The fraction of sp³-hybridized carbons (Fsp3) is 0.385. The summed E-state index contributed by atoms with van der Waals surface area (Å²) in [5.41, 5.74) is -0.105. The third-order valence-electron chi connectivity index (χ3n) is 2.33. The number of carbonyl (C=O) groups excluding carboxylic acids is 2. The van der Waals surface area contributed by atoms with Gasteiger partial charge in [-0.1, -0.05) is 12.1 Å². The van der Waals surface area contributed by atoms with E-state index < -0.39 is 17.6 Å². The Hall–Kier alpha value is -1.99. The highest BCUT2D eigenvalue weighted by Gasteiger charge is 2.11. The normalized spacial score (nSPS) is 10.1. The summed E-state index contributed by atoms with van der Waals surface area (Å²) in [5, 5.41) is 13.3. The summed E-state index contributed by atoms with van der Waals surface area (Å²) in [6, 6.07) is 5.53. The molecule has 0 aliphatic carbocycles. The van der Waals surface area contributed by atoms with Crippen LogP contribution in [0.3, 0.4) is 0 Å². The average Bonchev–Trinajstić information content (AvgIpc) is 2.45. The topological polar surface area (TPSA) is 87.7 Å². The van der Waals surface area contributed by atoms with Crippen LogP contribution in [0.4, 0.5) is 4.39 Å². The first-order chi connectivity index (χ1) is 9.65. The van der Waals surface area contributed by atoms with Gasteiger partial charge in [0.25, 0.3) is 5.91 Å². The lowest BCUT2D eigenvalue weighted by Crippen LogP contribution is -2.38. The molecule has 0 unspecified atom stereocenters. The zero-order chi connectivity index (χ0) is 14.8. The minimum absolute atomic E-state index is 0.0767. The Morgan fingerprint density at radius 3 is 2.65 bits per heavy atom. The van der Waals surface area contributed by atoms with Gasteiger partial charge in [-0.15, -0.1) is 0 Å². The average molecular weight is 284 g/mol. The van der Waals surface area contributed by atoms with Gasteiger partial charge in [0, 0.05) is 6.54 Å². The quantitative estimate of drug-likeness (QED) is 0.571. The summed E-state index contributed by atoms with van der Waals surface area (Å²) in [6.07, 6.45) is 0. The van der Waals surface area contributed by atoms with Gasteiger partial charge in [-0.2, -0.15) is 0 Å². The number of nitrogens with one attached hydrogen (secondary N) is 2. The Balaban J connectivity index is 2.24. The first-order valence-electron chi connectivity index (χ1n) is 6.13. The Labute approximate surface area is 115 Å². The van der Waals surface area contributed by atoms with Crippen LogP contribution in [-0.2, 0) is 9.53 Å². The van der Waals surface area contributed by atoms with Crippen LogP contribution in [0.25, 0.3) is 0 Å². The van der Waals surface area contributed by atoms with Crippen molar-refractivity contribution in [1.82, 2.24) is 10.6 Å². The minimum Gasteiger partial charge on any atom is -0.394 e. The highest BCUT2D eigenvalue weighted by molar-refractivity contribution is 5.96. The number of ether oxygens (including phenoxy) is 1. The fourth-order valence-electron chi connectivity index (χ4n) is 1.39. The summed E-state index contributed by atoms with van der Waals surface area (Å²) in [4.78, 5) is 23.0. The number of halogens is 1. The van der Waals surface area contributed by atoms with Gasteiger partial charge in [-0.05, 0) is 12.1 Å². The highest BCUT2D eigenvalue weighted by atomic mass is 19.1. The molecule has 0 heterocycles. The van der Waals surface area contributed by atoms with E-state index in [2.05, 4.69) is 10.6 Å². The molecule has 0 spiro atoms. The van der Waals surface area contributed by atoms with Crippen molar-refractivity contribution in [2.24, 2.45) is 0 Å². The van der Waals surface area contributed by atoms with Gasteiger partial charge in [0.15, 0.2) is 0 Å². The van der Waals surface area contributed by atoms with Crippen LogP contribution in [0.5, 0.6) is 0 Å². The molecule has 0 fully saturated rings. The van der Waals surface area contributed by atoms with Gasteiger partial charge in [-0.3, -0.25) is 9.59 Å². The van der Waals surface area contributed by atoms with Crippen molar-refractivity contribution in [3.8, 4) is 0 Å². The number of hydrogen-bond donors (Lipinski definition) is 3. The maximum Gasteiger partial charge on any atom is 0.254 e. The van der Waals surface area contributed by atoms with E-state index in [4.69, 9.17) is 9.84 Å². The number of aliphatic hydroxyl groups is 1. The molecule has 6 nitrogen and oxygen atoms in total. The number of carbonyl (C=O) groups is 2. The van der Waals surface area contributed by atoms with E-state index in [0.29, 0.717) is 0 Å². The smallest absolute Gasteiger partial charge is 0.254 e. The third kappa shape index (κ3) is 5.77. The lowest BCUT2D eigenvalue weighted by atomic mass is 10.2. The second kappa shape index (κ2) is 9.00. The standard InChI is InChI=1S/C13H17FN2O4/c14-11-4-2-1-3-10(11)13(19)16-9-12(18)15-5-7-20-8-6-17/h1-4,17H,5-9H2,(H,15,18)(H,16,19). The zero-order valence-electron chi connectivity index (χ0n) is 10.9. The summed E-state index contributed by atoms with van der Waals surface area (Å²) < 4.78 is 18.2. The van der Waals surface area contributed by atoms with Gasteiger partial charge < -0.3 is 20.5 Å². The molecule has 1 aromatic rings. The number of benzene rings is 1. The van der Waals surface area contributed by atoms with Crippen molar-refractivity contribution in [3.63, 3.8) is 0 Å². The van der Waals surface area contributed by atoms with Gasteiger partial charge in [0.05, 0.1) is 31.9 Å². The molecule has 0 radical (unpaired) electrons. The molecule has 1 aromatic carbocycles. The molecule has 0 aliphatic rings. The van der Waals surface area contributed by atoms with Crippen LogP contribution in [0.2, 0.25) is 0 Å². The summed E-state index contributed by atoms with van der Waals surface area (Å²) >= 11 is 0. The molecule has 20 heavy (non-hydrogen) atoms. The van der Waals surface area contributed by atoms with Crippen LogP contribution >= 0.6 is 0 Å². The van der Waals surface area contributed by atoms with E-state index in [1.54, 1.807) is 0 Å². The Kier molecular flexibility index (Phi) is 7.23. The molecule has 0 saturated carbocycles. The highest BCUT2D eigenvalue weighted by Crippen LogP contribution is 2.05. The van der Waals surface area contributed by atoms with Crippen LogP contribution < -0.4 is 10.6 Å². The number of rotatable bonds is 8. The maximum absolute atomic E-state index is 13.3. The van der Waals surface area contributed by atoms with E-state index in [0.717, 1.165) is 0 Å². The van der Waals surface area contributed by atoms with Crippen molar-refractivity contribution in [3.05, 3.63) is 35.6 Å². The Bertz CT molecular complexity index is 454. The summed E-state index contributed by atoms with van der Waals surface area (Å²) in [7, 11) is 0. The number of amides is 2.